The maximum Gasteiger partial charge on any atom is 0.140 e. The van der Waals surface area contributed by atoms with Gasteiger partial charge in [-0.3, -0.25) is 4.98 Å². The van der Waals surface area contributed by atoms with E-state index in [1.165, 1.54) is 19.3 Å². The van der Waals surface area contributed by atoms with Crippen molar-refractivity contribution in [2.24, 2.45) is 0 Å². The van der Waals surface area contributed by atoms with Crippen molar-refractivity contribution >= 4 is 16.7 Å². The Labute approximate surface area is 139 Å². The minimum Gasteiger partial charge on any atom is -0.376 e. The van der Waals surface area contributed by atoms with Crippen LogP contribution in [0.1, 0.15) is 25.0 Å². The summed E-state index contributed by atoms with van der Waals surface area (Å²) in [5.74, 6) is 0.864. The zero-order valence-electron chi connectivity index (χ0n) is 13.3. The number of nitrogens with zero attached hydrogens (tertiary/aromatic N) is 5. The summed E-state index contributed by atoms with van der Waals surface area (Å²) in [7, 11) is 0. The third-order valence-corrected chi connectivity index (χ3v) is 4.33. The van der Waals surface area contributed by atoms with Crippen molar-refractivity contribution in [2.75, 3.05) is 18.1 Å². The molecule has 0 atom stereocenters. The molecule has 4 rings (SSSR count). The Morgan fingerprint density at radius 3 is 3.00 bits per heavy atom. The van der Waals surface area contributed by atoms with Gasteiger partial charge in [-0.2, -0.15) is 0 Å². The highest BCUT2D eigenvalue weighted by atomic mass is 16.5. The van der Waals surface area contributed by atoms with E-state index in [1.807, 2.05) is 12.1 Å². The summed E-state index contributed by atoms with van der Waals surface area (Å²) in [5, 5.41) is 4.99. The van der Waals surface area contributed by atoms with Gasteiger partial charge in [0.15, 0.2) is 0 Å². The molecule has 24 heavy (non-hydrogen) atoms. The van der Waals surface area contributed by atoms with E-state index in [1.54, 1.807) is 25.0 Å². The van der Waals surface area contributed by atoms with Gasteiger partial charge in [-0.25, -0.2) is 9.97 Å². The van der Waals surface area contributed by atoms with Crippen molar-refractivity contribution < 1.29 is 9.26 Å². The summed E-state index contributed by atoms with van der Waals surface area (Å²) in [6.45, 7) is 2.01. The van der Waals surface area contributed by atoms with E-state index in [2.05, 4.69) is 25.0 Å². The van der Waals surface area contributed by atoms with E-state index in [0.29, 0.717) is 19.3 Å². The van der Waals surface area contributed by atoms with E-state index in [-0.39, 0.29) is 0 Å². The van der Waals surface area contributed by atoms with Crippen LogP contribution < -0.4 is 4.90 Å². The average Bonchev–Trinajstić information content (AvgIpc) is 3.08. The van der Waals surface area contributed by atoms with Crippen LogP contribution in [0.2, 0.25) is 0 Å². The molecule has 3 aromatic heterocycles. The van der Waals surface area contributed by atoms with E-state index >= 15 is 0 Å². The minimum atomic E-state index is 0.422. The van der Waals surface area contributed by atoms with Crippen LogP contribution in [0.15, 0.2) is 41.6 Å². The van der Waals surface area contributed by atoms with Gasteiger partial charge in [-0.1, -0.05) is 5.16 Å². The van der Waals surface area contributed by atoms with Crippen molar-refractivity contribution in [1.29, 1.82) is 0 Å². The molecule has 0 bridgehead atoms. The highest BCUT2D eigenvalue weighted by Gasteiger charge is 2.19. The van der Waals surface area contributed by atoms with Crippen molar-refractivity contribution in [3.63, 3.8) is 0 Å². The van der Waals surface area contributed by atoms with Gasteiger partial charge in [0.1, 0.15) is 24.1 Å². The molecule has 0 amide bonds. The fourth-order valence-corrected chi connectivity index (χ4v) is 2.79. The maximum atomic E-state index is 5.92. The Morgan fingerprint density at radius 1 is 1.25 bits per heavy atom. The van der Waals surface area contributed by atoms with Crippen LogP contribution in [0.4, 0.5) is 5.82 Å². The monoisotopic (exact) mass is 325 g/mol. The molecule has 3 aromatic rings. The molecule has 0 N–H and O–H groups in total. The Balaban J connectivity index is 1.57. The molecule has 1 aliphatic carbocycles. The molecule has 0 saturated heterocycles. The number of aromatic nitrogens is 4. The topological polar surface area (TPSA) is 77.2 Å². The lowest BCUT2D eigenvalue weighted by atomic mass is 9.96. The minimum absolute atomic E-state index is 0.422. The fraction of sp³-hybridized carbons (Fsp3) is 0.412. The summed E-state index contributed by atoms with van der Waals surface area (Å²) in [6.07, 6.45) is 10.7. The Morgan fingerprint density at radius 2 is 2.21 bits per heavy atom. The van der Waals surface area contributed by atoms with Gasteiger partial charge in [-0.15, -0.1) is 0 Å². The van der Waals surface area contributed by atoms with E-state index < -0.39 is 0 Å². The third-order valence-electron chi connectivity index (χ3n) is 4.33. The van der Waals surface area contributed by atoms with Gasteiger partial charge in [-0.05, 0) is 25.3 Å². The number of hydrogen-bond donors (Lipinski definition) is 0. The van der Waals surface area contributed by atoms with E-state index in [4.69, 9.17) is 9.26 Å². The Kier molecular flexibility index (Phi) is 4.33. The van der Waals surface area contributed by atoms with Crippen LogP contribution >= 0.6 is 0 Å². The molecule has 0 aliphatic heterocycles. The van der Waals surface area contributed by atoms with Crippen LogP contribution in [0, 0.1) is 0 Å². The first-order valence-electron chi connectivity index (χ1n) is 8.21. The molecule has 7 nitrogen and oxygen atoms in total. The molecule has 0 unspecified atom stereocenters. The molecule has 7 heteroatoms. The highest BCUT2D eigenvalue weighted by Crippen LogP contribution is 2.24. The van der Waals surface area contributed by atoms with Crippen LogP contribution in [0.3, 0.4) is 0 Å². The number of pyridine rings is 1. The number of hydrogen-bond acceptors (Lipinski definition) is 7. The summed E-state index contributed by atoms with van der Waals surface area (Å²) in [4.78, 5) is 15.1. The maximum absolute atomic E-state index is 5.92. The molecule has 1 aliphatic rings. The number of anilines is 1. The average molecular weight is 325 g/mol. The fourth-order valence-electron chi connectivity index (χ4n) is 2.79. The molecule has 0 radical (unpaired) electrons. The first kappa shape index (κ1) is 15.0. The quantitative estimate of drug-likeness (QED) is 0.660. The lowest BCUT2D eigenvalue weighted by molar-refractivity contribution is 0.00614. The molecular formula is C17H19N5O2. The normalized spacial score (nSPS) is 14.7. The molecule has 0 aromatic carbocycles. The van der Waals surface area contributed by atoms with Crippen LogP contribution in [0.25, 0.3) is 10.9 Å². The van der Waals surface area contributed by atoms with Gasteiger partial charge in [0, 0.05) is 24.2 Å². The van der Waals surface area contributed by atoms with E-state index in [9.17, 15) is 0 Å². The summed E-state index contributed by atoms with van der Waals surface area (Å²) in [5.41, 5.74) is 1.69. The van der Waals surface area contributed by atoms with Crippen molar-refractivity contribution in [3.05, 3.63) is 42.8 Å². The zero-order chi connectivity index (χ0) is 16.2. The SMILES string of the molecule is c1cc2c(N(CCOC3CCC3)Cc3ccon3)ncnc2cn1. The van der Waals surface area contributed by atoms with Crippen molar-refractivity contribution in [1.82, 2.24) is 20.1 Å². The summed E-state index contributed by atoms with van der Waals surface area (Å²) >= 11 is 0. The van der Waals surface area contributed by atoms with E-state index in [0.717, 1.165) is 29.0 Å². The zero-order valence-corrected chi connectivity index (χ0v) is 13.3. The molecular weight excluding hydrogens is 306 g/mol. The van der Waals surface area contributed by atoms with Gasteiger partial charge in [0.05, 0.1) is 31.0 Å². The van der Waals surface area contributed by atoms with Gasteiger partial charge in [0.2, 0.25) is 0 Å². The Hall–Kier alpha value is -2.54. The second kappa shape index (κ2) is 6.92. The second-order valence-electron chi connectivity index (χ2n) is 5.93. The molecule has 1 saturated carbocycles. The lowest BCUT2D eigenvalue weighted by Crippen LogP contribution is -2.31. The number of rotatable bonds is 7. The third kappa shape index (κ3) is 3.21. The smallest absolute Gasteiger partial charge is 0.140 e. The lowest BCUT2D eigenvalue weighted by Gasteiger charge is -2.28. The molecule has 1 fully saturated rings. The summed E-state index contributed by atoms with van der Waals surface area (Å²) < 4.78 is 10.9. The first-order valence-corrected chi connectivity index (χ1v) is 8.21. The van der Waals surface area contributed by atoms with Gasteiger partial charge in [0.25, 0.3) is 0 Å². The van der Waals surface area contributed by atoms with Crippen LogP contribution in [-0.2, 0) is 11.3 Å². The number of fused-ring (bicyclic) bond motifs is 1. The highest BCUT2D eigenvalue weighted by molar-refractivity contribution is 5.88. The molecule has 124 valence electrons. The van der Waals surface area contributed by atoms with Gasteiger partial charge < -0.3 is 14.2 Å². The van der Waals surface area contributed by atoms with Crippen molar-refractivity contribution in [2.45, 2.75) is 31.9 Å². The number of ether oxygens (including phenoxy) is 1. The van der Waals surface area contributed by atoms with Crippen LogP contribution in [0.5, 0.6) is 0 Å². The predicted molar refractivity (Wildman–Crippen MR) is 88.5 cm³/mol. The second-order valence-corrected chi connectivity index (χ2v) is 5.93. The predicted octanol–water partition coefficient (Wildman–Crippen LogP) is 2.59. The molecule has 3 heterocycles. The summed E-state index contributed by atoms with van der Waals surface area (Å²) in [6, 6.07) is 3.80. The van der Waals surface area contributed by atoms with Crippen molar-refractivity contribution in [3.8, 4) is 0 Å². The van der Waals surface area contributed by atoms with Crippen LogP contribution in [-0.4, -0.2) is 39.4 Å². The first-order chi connectivity index (χ1) is 11.9. The van der Waals surface area contributed by atoms with Gasteiger partial charge >= 0.3 is 0 Å². The molecule has 0 spiro atoms. The largest absolute Gasteiger partial charge is 0.376 e. The standard InChI is InChI=1S/C17H19N5O2/c1-2-14(3-1)23-9-7-22(11-13-5-8-24-21-13)17-15-4-6-18-10-16(15)19-12-20-17/h4-6,8,10,12,14H,1-3,7,9,11H2. The Bertz CT molecular complexity index is 783.